The molecule has 6 heteroatoms. The molecule has 1 N–H and O–H groups in total. The number of imidazole rings is 1. The summed E-state index contributed by atoms with van der Waals surface area (Å²) in [5.41, 5.74) is 0.466. The molecule has 1 amide bonds. The summed E-state index contributed by atoms with van der Waals surface area (Å²) >= 11 is 1.31. The lowest BCUT2D eigenvalue weighted by Gasteiger charge is -2.02. The molecule has 2 aromatic heterocycles. The van der Waals surface area contributed by atoms with Gasteiger partial charge in [0.25, 0.3) is 0 Å². The number of nitrogens with zero attached hydrogens (tertiary/aromatic N) is 3. The van der Waals surface area contributed by atoms with E-state index in [0.29, 0.717) is 10.6 Å². The number of carbonyl (C=O) groups excluding carboxylic acids is 1. The first kappa shape index (κ1) is 9.43. The molecule has 2 heterocycles. The van der Waals surface area contributed by atoms with E-state index in [9.17, 15) is 4.79 Å². The topological polar surface area (TPSA) is 70.7 Å². The van der Waals surface area contributed by atoms with Crippen LogP contribution in [0.15, 0.2) is 30.2 Å². The zero-order valence-electron chi connectivity index (χ0n) is 7.54. The van der Waals surface area contributed by atoms with E-state index in [1.807, 2.05) is 6.07 Å². The molecule has 2 aromatic rings. The van der Waals surface area contributed by atoms with Crippen molar-refractivity contribution in [3.63, 3.8) is 0 Å². The van der Waals surface area contributed by atoms with Crippen LogP contribution >= 0.6 is 11.3 Å². The highest BCUT2D eigenvalue weighted by Crippen LogP contribution is 2.22. The number of amides is 1. The molecular formula is C9H6N4OS. The maximum atomic E-state index is 11.6. The fraction of sp³-hybridized carbons (Fsp3) is 0. The van der Waals surface area contributed by atoms with Crippen LogP contribution in [0.3, 0.4) is 0 Å². The summed E-state index contributed by atoms with van der Waals surface area (Å²) < 4.78 is 1.31. The third kappa shape index (κ3) is 1.87. The van der Waals surface area contributed by atoms with E-state index in [2.05, 4.69) is 10.3 Å². The van der Waals surface area contributed by atoms with Gasteiger partial charge in [0.1, 0.15) is 17.4 Å². The van der Waals surface area contributed by atoms with Crippen LogP contribution in [0.1, 0.15) is 5.56 Å². The van der Waals surface area contributed by atoms with Crippen molar-refractivity contribution < 1.29 is 4.79 Å². The zero-order valence-corrected chi connectivity index (χ0v) is 8.36. The number of aromatic nitrogens is 2. The van der Waals surface area contributed by atoms with Gasteiger partial charge in [-0.3, -0.25) is 9.88 Å². The number of anilines is 1. The monoisotopic (exact) mass is 218 g/mol. The van der Waals surface area contributed by atoms with E-state index in [1.54, 1.807) is 11.4 Å². The van der Waals surface area contributed by atoms with Crippen LogP contribution in [0, 0.1) is 11.3 Å². The van der Waals surface area contributed by atoms with E-state index in [4.69, 9.17) is 5.26 Å². The van der Waals surface area contributed by atoms with Gasteiger partial charge < -0.3 is 0 Å². The Morgan fingerprint density at radius 3 is 3.20 bits per heavy atom. The summed E-state index contributed by atoms with van der Waals surface area (Å²) in [6.45, 7) is 0. The minimum Gasteiger partial charge on any atom is -0.297 e. The van der Waals surface area contributed by atoms with Crippen molar-refractivity contribution in [2.75, 3.05) is 5.32 Å². The smallest absolute Gasteiger partial charge is 0.297 e. The van der Waals surface area contributed by atoms with Gasteiger partial charge in [-0.2, -0.15) is 5.26 Å². The maximum absolute atomic E-state index is 11.6. The zero-order chi connectivity index (χ0) is 10.7. The molecule has 0 fully saturated rings. The summed E-state index contributed by atoms with van der Waals surface area (Å²) in [5.74, 6) is 0. The van der Waals surface area contributed by atoms with Gasteiger partial charge in [0, 0.05) is 12.4 Å². The van der Waals surface area contributed by atoms with E-state index in [0.717, 1.165) is 0 Å². The highest BCUT2D eigenvalue weighted by atomic mass is 32.1. The largest absolute Gasteiger partial charge is 0.331 e. The van der Waals surface area contributed by atoms with Crippen LogP contribution in [0.25, 0.3) is 0 Å². The molecule has 0 saturated carbocycles. The Bertz CT molecular complexity index is 508. The highest BCUT2D eigenvalue weighted by Gasteiger charge is 2.08. The molecule has 0 saturated heterocycles. The average Bonchev–Trinajstić information content (AvgIpc) is 2.87. The quantitative estimate of drug-likeness (QED) is 0.794. The molecule has 0 radical (unpaired) electrons. The van der Waals surface area contributed by atoms with Gasteiger partial charge in [-0.15, -0.1) is 11.3 Å². The molecule has 15 heavy (non-hydrogen) atoms. The van der Waals surface area contributed by atoms with Crippen LogP contribution in [0.2, 0.25) is 0 Å². The van der Waals surface area contributed by atoms with Crippen molar-refractivity contribution in [2.24, 2.45) is 0 Å². The minimum absolute atomic E-state index is 0.327. The molecule has 5 nitrogen and oxygen atoms in total. The van der Waals surface area contributed by atoms with Crippen LogP contribution in [0.5, 0.6) is 0 Å². The van der Waals surface area contributed by atoms with Crippen molar-refractivity contribution in [1.82, 2.24) is 9.55 Å². The summed E-state index contributed by atoms with van der Waals surface area (Å²) in [6.07, 6.45) is 4.45. The molecule has 0 atom stereocenters. The summed E-state index contributed by atoms with van der Waals surface area (Å²) in [7, 11) is 0. The Kier molecular flexibility index (Phi) is 2.48. The van der Waals surface area contributed by atoms with E-state index in [1.165, 1.54) is 34.6 Å². The fourth-order valence-corrected chi connectivity index (χ4v) is 1.76. The molecule has 74 valence electrons. The predicted molar refractivity (Wildman–Crippen MR) is 55.7 cm³/mol. The van der Waals surface area contributed by atoms with Gasteiger partial charge in [0.2, 0.25) is 0 Å². The fourth-order valence-electron chi connectivity index (χ4n) is 1.04. The number of carbonyl (C=O) groups is 1. The second kappa shape index (κ2) is 3.94. The van der Waals surface area contributed by atoms with E-state index in [-0.39, 0.29) is 6.03 Å². The van der Waals surface area contributed by atoms with E-state index < -0.39 is 0 Å². The average molecular weight is 218 g/mol. The summed E-state index contributed by atoms with van der Waals surface area (Å²) in [4.78, 5) is 15.3. The molecule has 2 rings (SSSR count). The molecule has 0 bridgehead atoms. The van der Waals surface area contributed by atoms with Gasteiger partial charge in [0.05, 0.1) is 5.56 Å². The van der Waals surface area contributed by atoms with Gasteiger partial charge in [-0.05, 0) is 11.4 Å². The maximum Gasteiger partial charge on any atom is 0.331 e. The van der Waals surface area contributed by atoms with E-state index >= 15 is 0 Å². The lowest BCUT2D eigenvalue weighted by Crippen LogP contribution is -2.17. The third-order valence-electron chi connectivity index (χ3n) is 1.75. The van der Waals surface area contributed by atoms with Gasteiger partial charge in [-0.25, -0.2) is 9.78 Å². The van der Waals surface area contributed by atoms with Crippen LogP contribution < -0.4 is 5.32 Å². The minimum atomic E-state index is -0.327. The molecule has 0 spiro atoms. The number of nitriles is 1. The number of thiophene rings is 1. The van der Waals surface area contributed by atoms with Crippen molar-refractivity contribution in [3.8, 4) is 6.07 Å². The van der Waals surface area contributed by atoms with Gasteiger partial charge in [-0.1, -0.05) is 0 Å². The molecular weight excluding hydrogens is 212 g/mol. The molecule has 0 aromatic carbocycles. The Balaban J connectivity index is 2.17. The summed E-state index contributed by atoms with van der Waals surface area (Å²) in [6, 6.07) is 3.33. The second-order valence-corrected chi connectivity index (χ2v) is 3.59. The number of rotatable bonds is 1. The molecule has 0 aliphatic rings. The Hall–Kier alpha value is -2.13. The van der Waals surface area contributed by atoms with Crippen molar-refractivity contribution in [1.29, 1.82) is 5.26 Å². The SMILES string of the molecule is N#Cc1ccsc1NC(=O)n1ccnc1. The first-order valence-electron chi connectivity index (χ1n) is 4.08. The predicted octanol–water partition coefficient (Wildman–Crippen LogP) is 1.90. The van der Waals surface area contributed by atoms with Crippen LogP contribution in [-0.4, -0.2) is 15.6 Å². The normalized spacial score (nSPS) is 9.53. The standard InChI is InChI=1S/C9H6N4OS/c10-5-7-1-4-15-8(7)12-9(14)13-3-2-11-6-13/h1-4,6H,(H,12,14). The van der Waals surface area contributed by atoms with Crippen molar-refractivity contribution in [2.45, 2.75) is 0 Å². The Morgan fingerprint density at radius 1 is 1.67 bits per heavy atom. The van der Waals surface area contributed by atoms with Gasteiger partial charge in [0.15, 0.2) is 0 Å². The lowest BCUT2D eigenvalue weighted by atomic mass is 10.3. The van der Waals surface area contributed by atoms with Gasteiger partial charge >= 0.3 is 6.03 Å². The van der Waals surface area contributed by atoms with Crippen molar-refractivity contribution >= 4 is 22.4 Å². The third-order valence-corrected chi connectivity index (χ3v) is 2.57. The summed E-state index contributed by atoms with van der Waals surface area (Å²) in [5, 5.41) is 13.7. The number of hydrogen-bond donors (Lipinski definition) is 1. The molecule has 0 aliphatic carbocycles. The first-order valence-corrected chi connectivity index (χ1v) is 4.96. The number of nitrogens with one attached hydrogen (secondary N) is 1. The Labute approximate surface area is 89.6 Å². The Morgan fingerprint density at radius 2 is 2.53 bits per heavy atom. The second-order valence-electron chi connectivity index (χ2n) is 2.68. The highest BCUT2D eigenvalue weighted by molar-refractivity contribution is 7.14. The molecule has 0 aliphatic heterocycles. The lowest BCUT2D eigenvalue weighted by molar-refractivity contribution is 0.253. The number of hydrogen-bond acceptors (Lipinski definition) is 4. The molecule has 0 unspecified atom stereocenters. The van der Waals surface area contributed by atoms with Crippen molar-refractivity contribution in [3.05, 3.63) is 35.7 Å². The first-order chi connectivity index (χ1) is 7.31. The van der Waals surface area contributed by atoms with Crippen LogP contribution in [0.4, 0.5) is 9.80 Å². The van der Waals surface area contributed by atoms with Crippen LogP contribution in [-0.2, 0) is 0 Å².